The fraction of sp³-hybridized carbons (Fsp3) is 0.214. The van der Waals surface area contributed by atoms with Crippen LogP contribution in [0.2, 0.25) is 0 Å². The van der Waals surface area contributed by atoms with Gasteiger partial charge in [0.2, 0.25) is 0 Å². The topological polar surface area (TPSA) is 71.1 Å². The maximum Gasteiger partial charge on any atom is 0.262 e. The number of benzene rings is 1. The van der Waals surface area contributed by atoms with Gasteiger partial charge in [0.25, 0.3) is 10.0 Å². The molecule has 0 spiro atoms. The van der Waals surface area contributed by atoms with Gasteiger partial charge in [0.15, 0.2) is 0 Å². The molecule has 20 heavy (non-hydrogen) atoms. The maximum atomic E-state index is 12.4. The molecule has 0 saturated carbocycles. The number of rotatable bonds is 4. The highest BCUT2D eigenvalue weighted by Crippen LogP contribution is 2.23. The molecule has 1 aromatic heterocycles. The second-order valence-corrected chi connectivity index (χ2v) is 6.18. The first-order chi connectivity index (χ1) is 9.44. The Labute approximate surface area is 119 Å². The molecule has 2 rings (SSSR count). The van der Waals surface area contributed by atoms with Crippen molar-refractivity contribution in [3.63, 3.8) is 0 Å². The number of hydrogen-bond donors (Lipinski definition) is 2. The molecule has 106 valence electrons. The van der Waals surface area contributed by atoms with Crippen molar-refractivity contribution in [1.82, 2.24) is 4.98 Å². The fourth-order valence-electron chi connectivity index (χ4n) is 1.88. The normalized spacial score (nSPS) is 11.2. The highest BCUT2D eigenvalue weighted by Gasteiger charge is 2.17. The summed E-state index contributed by atoms with van der Waals surface area (Å²) in [6.45, 7) is 3.74. The van der Waals surface area contributed by atoms with E-state index in [0.717, 1.165) is 11.1 Å². The number of pyridine rings is 1. The van der Waals surface area contributed by atoms with Crippen molar-refractivity contribution in [3.8, 4) is 0 Å². The SMILES string of the molecule is CNc1cc(S(=O)(=O)Nc2c(C)cccc2C)ccn1. The summed E-state index contributed by atoms with van der Waals surface area (Å²) < 4.78 is 27.5. The molecule has 1 aromatic carbocycles. The summed E-state index contributed by atoms with van der Waals surface area (Å²) in [5, 5.41) is 2.82. The number of hydrogen-bond acceptors (Lipinski definition) is 4. The van der Waals surface area contributed by atoms with Crippen molar-refractivity contribution in [3.05, 3.63) is 47.7 Å². The molecule has 2 aromatic rings. The smallest absolute Gasteiger partial charge is 0.262 e. The largest absolute Gasteiger partial charge is 0.373 e. The van der Waals surface area contributed by atoms with Crippen LogP contribution in [-0.4, -0.2) is 20.4 Å². The molecule has 2 N–H and O–H groups in total. The van der Waals surface area contributed by atoms with Gasteiger partial charge >= 0.3 is 0 Å². The number of anilines is 2. The van der Waals surface area contributed by atoms with Crippen LogP contribution in [0.4, 0.5) is 11.5 Å². The third-order valence-electron chi connectivity index (χ3n) is 3.02. The van der Waals surface area contributed by atoms with Gasteiger partial charge in [-0.1, -0.05) is 18.2 Å². The van der Waals surface area contributed by atoms with Crippen LogP contribution in [0.15, 0.2) is 41.4 Å². The molecule has 1 heterocycles. The lowest BCUT2D eigenvalue weighted by Gasteiger charge is -2.13. The van der Waals surface area contributed by atoms with E-state index in [9.17, 15) is 8.42 Å². The van der Waals surface area contributed by atoms with Gasteiger partial charge < -0.3 is 5.32 Å². The van der Waals surface area contributed by atoms with Crippen molar-refractivity contribution >= 4 is 21.5 Å². The third-order valence-corrected chi connectivity index (χ3v) is 4.36. The zero-order valence-corrected chi connectivity index (χ0v) is 12.5. The molecular weight excluding hydrogens is 274 g/mol. The predicted octanol–water partition coefficient (Wildman–Crippen LogP) is 2.54. The Balaban J connectivity index is 2.41. The Morgan fingerprint density at radius 3 is 2.35 bits per heavy atom. The second-order valence-electron chi connectivity index (χ2n) is 4.50. The molecule has 0 aliphatic carbocycles. The van der Waals surface area contributed by atoms with Crippen molar-refractivity contribution in [2.45, 2.75) is 18.7 Å². The van der Waals surface area contributed by atoms with E-state index in [4.69, 9.17) is 0 Å². The van der Waals surface area contributed by atoms with Crippen molar-refractivity contribution in [2.24, 2.45) is 0 Å². The van der Waals surface area contributed by atoms with E-state index < -0.39 is 10.0 Å². The number of nitrogens with one attached hydrogen (secondary N) is 2. The molecule has 0 amide bonds. The first kappa shape index (κ1) is 14.3. The second kappa shape index (κ2) is 5.50. The van der Waals surface area contributed by atoms with E-state index in [2.05, 4.69) is 15.0 Å². The third kappa shape index (κ3) is 2.91. The van der Waals surface area contributed by atoms with Crippen LogP contribution in [0, 0.1) is 13.8 Å². The first-order valence-electron chi connectivity index (χ1n) is 6.17. The molecule has 0 saturated heterocycles. The van der Waals surface area contributed by atoms with Gasteiger partial charge in [-0.25, -0.2) is 13.4 Å². The summed E-state index contributed by atoms with van der Waals surface area (Å²) in [6, 6.07) is 8.60. The minimum absolute atomic E-state index is 0.180. The van der Waals surface area contributed by atoms with Gasteiger partial charge in [-0.05, 0) is 31.0 Å². The van der Waals surface area contributed by atoms with Crippen LogP contribution in [0.1, 0.15) is 11.1 Å². The van der Waals surface area contributed by atoms with Crippen LogP contribution in [-0.2, 0) is 10.0 Å². The van der Waals surface area contributed by atoms with Crippen LogP contribution in [0.3, 0.4) is 0 Å². The predicted molar refractivity (Wildman–Crippen MR) is 80.5 cm³/mol. The fourth-order valence-corrected chi connectivity index (χ4v) is 3.10. The van der Waals surface area contributed by atoms with Gasteiger partial charge in [-0.15, -0.1) is 0 Å². The van der Waals surface area contributed by atoms with E-state index >= 15 is 0 Å². The van der Waals surface area contributed by atoms with Gasteiger partial charge in [-0.3, -0.25) is 4.72 Å². The number of aryl methyl sites for hydroxylation is 2. The average Bonchev–Trinajstić information content (AvgIpc) is 2.43. The number of sulfonamides is 1. The van der Waals surface area contributed by atoms with Crippen molar-refractivity contribution < 1.29 is 8.42 Å². The molecule has 0 unspecified atom stereocenters. The number of nitrogens with zero attached hydrogens (tertiary/aromatic N) is 1. The van der Waals surface area contributed by atoms with Crippen LogP contribution < -0.4 is 10.0 Å². The average molecular weight is 291 g/mol. The molecule has 0 aliphatic rings. The molecule has 0 atom stereocenters. The first-order valence-corrected chi connectivity index (χ1v) is 7.65. The zero-order valence-electron chi connectivity index (χ0n) is 11.6. The van der Waals surface area contributed by atoms with E-state index in [1.54, 1.807) is 7.05 Å². The molecular formula is C14H17N3O2S. The van der Waals surface area contributed by atoms with E-state index in [0.29, 0.717) is 11.5 Å². The quantitative estimate of drug-likeness (QED) is 0.908. The van der Waals surface area contributed by atoms with Gasteiger partial charge in [-0.2, -0.15) is 0 Å². The summed E-state index contributed by atoms with van der Waals surface area (Å²) in [6.07, 6.45) is 1.46. The molecule has 0 fully saturated rings. The summed E-state index contributed by atoms with van der Waals surface area (Å²) >= 11 is 0. The standard InChI is InChI=1S/C14H17N3O2S/c1-10-5-4-6-11(2)14(10)17-20(18,19)12-7-8-16-13(9-12)15-3/h4-9,17H,1-3H3,(H,15,16). The van der Waals surface area contributed by atoms with Crippen molar-refractivity contribution in [2.75, 3.05) is 17.1 Å². The minimum atomic E-state index is -3.62. The van der Waals surface area contributed by atoms with Crippen molar-refractivity contribution in [1.29, 1.82) is 0 Å². The lowest BCUT2D eigenvalue weighted by Crippen LogP contribution is -2.15. The monoisotopic (exact) mass is 291 g/mol. The lowest BCUT2D eigenvalue weighted by atomic mass is 10.1. The summed E-state index contributed by atoms with van der Waals surface area (Å²) in [5.41, 5.74) is 2.39. The Morgan fingerprint density at radius 1 is 1.10 bits per heavy atom. The maximum absolute atomic E-state index is 12.4. The summed E-state index contributed by atoms with van der Waals surface area (Å²) in [4.78, 5) is 4.19. The zero-order chi connectivity index (χ0) is 14.8. The van der Waals surface area contributed by atoms with Gasteiger partial charge in [0, 0.05) is 19.3 Å². The molecule has 6 heteroatoms. The molecule has 0 bridgehead atoms. The Morgan fingerprint density at radius 2 is 1.75 bits per heavy atom. The highest BCUT2D eigenvalue weighted by atomic mass is 32.2. The van der Waals surface area contributed by atoms with Crippen LogP contribution in [0.25, 0.3) is 0 Å². The van der Waals surface area contributed by atoms with E-state index in [1.165, 1.54) is 18.3 Å². The van der Waals surface area contributed by atoms with Gasteiger partial charge in [0.05, 0.1) is 10.6 Å². The van der Waals surface area contributed by atoms with Crippen LogP contribution in [0.5, 0.6) is 0 Å². The molecule has 0 radical (unpaired) electrons. The number of aromatic nitrogens is 1. The van der Waals surface area contributed by atoms with E-state index in [-0.39, 0.29) is 4.90 Å². The Hall–Kier alpha value is -2.08. The highest BCUT2D eigenvalue weighted by molar-refractivity contribution is 7.92. The van der Waals surface area contributed by atoms with Crippen LogP contribution >= 0.6 is 0 Å². The molecule has 5 nitrogen and oxygen atoms in total. The van der Waals surface area contributed by atoms with Gasteiger partial charge in [0.1, 0.15) is 5.82 Å². The van der Waals surface area contributed by atoms with E-state index in [1.807, 2.05) is 32.0 Å². The Bertz CT molecular complexity index is 707. The summed E-state index contributed by atoms with van der Waals surface area (Å²) in [7, 11) is -1.93. The molecule has 0 aliphatic heterocycles. The summed E-state index contributed by atoms with van der Waals surface area (Å²) in [5.74, 6) is 0.509. The Kier molecular flexibility index (Phi) is 3.94. The lowest BCUT2D eigenvalue weighted by molar-refractivity contribution is 0.601. The number of para-hydroxylation sites is 1. The minimum Gasteiger partial charge on any atom is -0.373 e.